The van der Waals surface area contributed by atoms with Gasteiger partial charge in [-0.2, -0.15) is 0 Å². The van der Waals surface area contributed by atoms with Crippen LogP contribution in [0.5, 0.6) is 0 Å². The molecule has 2 rings (SSSR count). The third-order valence-corrected chi connectivity index (χ3v) is 4.17. The molecule has 0 saturated carbocycles. The van der Waals surface area contributed by atoms with Crippen LogP contribution in [-0.2, 0) is 4.79 Å². The predicted molar refractivity (Wildman–Crippen MR) is 87.8 cm³/mol. The van der Waals surface area contributed by atoms with E-state index in [1.165, 1.54) is 12.8 Å². The van der Waals surface area contributed by atoms with Crippen molar-refractivity contribution in [2.45, 2.75) is 38.8 Å². The van der Waals surface area contributed by atoms with Crippen molar-refractivity contribution >= 4 is 23.2 Å². The van der Waals surface area contributed by atoms with Gasteiger partial charge >= 0.3 is 0 Å². The molecule has 1 amide bonds. The van der Waals surface area contributed by atoms with Gasteiger partial charge in [0.05, 0.1) is 17.3 Å². The van der Waals surface area contributed by atoms with E-state index in [9.17, 15) is 4.79 Å². The summed E-state index contributed by atoms with van der Waals surface area (Å²) in [5.74, 6) is -0.0187. The topological polar surface area (TPSA) is 44.4 Å². The standard InChI is InChI=1S/C16H24ClN3O/c1-12(2)20(10-13-6-5-9-18-13)11-16(21)19-15-8-4-3-7-14(15)17/h3-4,7-8,12-13,18H,5-6,9-11H2,1-2H3,(H,19,21). The average Bonchev–Trinajstić information content (AvgIpc) is 2.93. The zero-order valence-corrected chi connectivity index (χ0v) is 13.5. The zero-order valence-electron chi connectivity index (χ0n) is 12.7. The van der Waals surface area contributed by atoms with Crippen molar-refractivity contribution in [2.24, 2.45) is 0 Å². The van der Waals surface area contributed by atoms with Gasteiger partial charge in [0.15, 0.2) is 0 Å². The van der Waals surface area contributed by atoms with Crippen molar-refractivity contribution in [1.82, 2.24) is 10.2 Å². The fraction of sp³-hybridized carbons (Fsp3) is 0.562. The first-order valence-electron chi connectivity index (χ1n) is 7.58. The molecule has 1 atom stereocenters. The molecule has 0 aromatic heterocycles. The lowest BCUT2D eigenvalue weighted by atomic mass is 10.2. The second kappa shape index (κ2) is 7.78. The number of benzene rings is 1. The van der Waals surface area contributed by atoms with Gasteiger partial charge in [-0.15, -0.1) is 0 Å². The Labute approximate surface area is 131 Å². The van der Waals surface area contributed by atoms with Gasteiger partial charge in [0, 0.05) is 18.6 Å². The normalized spacial score (nSPS) is 18.4. The fourth-order valence-corrected chi connectivity index (χ4v) is 2.77. The Morgan fingerprint density at radius 1 is 1.48 bits per heavy atom. The summed E-state index contributed by atoms with van der Waals surface area (Å²) in [7, 11) is 0. The maximum Gasteiger partial charge on any atom is 0.238 e. The predicted octanol–water partition coefficient (Wildman–Crippen LogP) is 2.74. The number of halogens is 1. The Bertz CT molecular complexity index is 472. The number of carbonyl (C=O) groups is 1. The number of nitrogens with zero attached hydrogens (tertiary/aromatic N) is 1. The summed E-state index contributed by atoms with van der Waals surface area (Å²) in [6, 6.07) is 8.15. The number of rotatable bonds is 6. The molecule has 1 aliphatic rings. The van der Waals surface area contributed by atoms with Crippen molar-refractivity contribution in [3.05, 3.63) is 29.3 Å². The smallest absolute Gasteiger partial charge is 0.238 e. The molecule has 1 saturated heterocycles. The first kappa shape index (κ1) is 16.3. The first-order chi connectivity index (χ1) is 10.1. The maximum absolute atomic E-state index is 12.2. The van der Waals surface area contributed by atoms with E-state index in [0.717, 1.165) is 13.1 Å². The summed E-state index contributed by atoms with van der Waals surface area (Å²) in [6.07, 6.45) is 2.41. The summed E-state index contributed by atoms with van der Waals surface area (Å²) in [5, 5.41) is 6.94. The molecule has 21 heavy (non-hydrogen) atoms. The molecule has 0 aliphatic carbocycles. The van der Waals surface area contributed by atoms with Crippen molar-refractivity contribution in [3.63, 3.8) is 0 Å². The highest BCUT2D eigenvalue weighted by Crippen LogP contribution is 2.20. The second-order valence-corrected chi connectivity index (χ2v) is 6.25. The van der Waals surface area contributed by atoms with E-state index < -0.39 is 0 Å². The van der Waals surface area contributed by atoms with Gasteiger partial charge in [-0.05, 0) is 45.4 Å². The molecule has 116 valence electrons. The Morgan fingerprint density at radius 2 is 2.24 bits per heavy atom. The van der Waals surface area contributed by atoms with Gasteiger partial charge in [-0.1, -0.05) is 23.7 Å². The molecular weight excluding hydrogens is 286 g/mol. The maximum atomic E-state index is 12.2. The second-order valence-electron chi connectivity index (χ2n) is 5.84. The summed E-state index contributed by atoms with van der Waals surface area (Å²) in [6.45, 7) is 6.63. The number of hydrogen-bond donors (Lipinski definition) is 2. The third kappa shape index (κ3) is 4.99. The molecule has 0 radical (unpaired) electrons. The van der Waals surface area contributed by atoms with Gasteiger partial charge in [-0.25, -0.2) is 0 Å². The quantitative estimate of drug-likeness (QED) is 0.849. The highest BCUT2D eigenvalue weighted by atomic mass is 35.5. The van der Waals surface area contributed by atoms with E-state index in [1.54, 1.807) is 6.07 Å². The number of para-hydroxylation sites is 1. The lowest BCUT2D eigenvalue weighted by Gasteiger charge is -2.28. The van der Waals surface area contributed by atoms with Crippen LogP contribution in [0.15, 0.2) is 24.3 Å². The zero-order chi connectivity index (χ0) is 15.2. The molecule has 1 heterocycles. The fourth-order valence-electron chi connectivity index (χ4n) is 2.59. The van der Waals surface area contributed by atoms with Crippen LogP contribution >= 0.6 is 11.6 Å². The highest BCUT2D eigenvalue weighted by molar-refractivity contribution is 6.33. The average molecular weight is 310 g/mol. The molecule has 1 aromatic carbocycles. The van der Waals surface area contributed by atoms with E-state index in [1.807, 2.05) is 18.2 Å². The van der Waals surface area contributed by atoms with Crippen molar-refractivity contribution in [2.75, 3.05) is 25.0 Å². The lowest BCUT2D eigenvalue weighted by molar-refractivity contribution is -0.117. The third-order valence-electron chi connectivity index (χ3n) is 3.84. The molecule has 0 spiro atoms. The SMILES string of the molecule is CC(C)N(CC(=O)Nc1ccccc1Cl)CC1CCCN1. The van der Waals surface area contributed by atoms with E-state index in [4.69, 9.17) is 11.6 Å². The molecule has 4 nitrogen and oxygen atoms in total. The monoisotopic (exact) mass is 309 g/mol. The van der Waals surface area contributed by atoms with Crippen LogP contribution in [0.25, 0.3) is 0 Å². The highest BCUT2D eigenvalue weighted by Gasteiger charge is 2.21. The van der Waals surface area contributed by atoms with Gasteiger partial charge in [0.25, 0.3) is 0 Å². The van der Waals surface area contributed by atoms with E-state index >= 15 is 0 Å². The summed E-state index contributed by atoms with van der Waals surface area (Å²) < 4.78 is 0. The Balaban J connectivity index is 1.90. The minimum Gasteiger partial charge on any atom is -0.324 e. The molecule has 1 unspecified atom stereocenters. The molecule has 0 bridgehead atoms. The number of amides is 1. The van der Waals surface area contributed by atoms with Crippen molar-refractivity contribution in [3.8, 4) is 0 Å². The number of nitrogens with one attached hydrogen (secondary N) is 2. The Morgan fingerprint density at radius 3 is 2.86 bits per heavy atom. The van der Waals surface area contributed by atoms with Gasteiger partial charge < -0.3 is 10.6 Å². The van der Waals surface area contributed by atoms with Crippen molar-refractivity contribution < 1.29 is 4.79 Å². The van der Waals surface area contributed by atoms with E-state index in [2.05, 4.69) is 29.4 Å². The number of hydrogen-bond acceptors (Lipinski definition) is 3. The minimum atomic E-state index is -0.0187. The van der Waals surface area contributed by atoms with E-state index in [-0.39, 0.29) is 5.91 Å². The van der Waals surface area contributed by atoms with Crippen LogP contribution < -0.4 is 10.6 Å². The van der Waals surface area contributed by atoms with E-state index in [0.29, 0.717) is 29.3 Å². The Hall–Kier alpha value is -1.10. The van der Waals surface area contributed by atoms with Crippen LogP contribution in [0.4, 0.5) is 5.69 Å². The summed E-state index contributed by atoms with van der Waals surface area (Å²) in [5.41, 5.74) is 0.673. The summed E-state index contributed by atoms with van der Waals surface area (Å²) in [4.78, 5) is 14.4. The lowest BCUT2D eigenvalue weighted by Crippen LogP contribution is -2.44. The van der Waals surface area contributed by atoms with Crippen LogP contribution in [0.3, 0.4) is 0 Å². The van der Waals surface area contributed by atoms with Crippen LogP contribution in [-0.4, -0.2) is 42.5 Å². The molecule has 1 fully saturated rings. The molecule has 1 aromatic rings. The largest absolute Gasteiger partial charge is 0.324 e. The van der Waals surface area contributed by atoms with Crippen LogP contribution in [0, 0.1) is 0 Å². The minimum absolute atomic E-state index is 0.0187. The van der Waals surface area contributed by atoms with Gasteiger partial charge in [-0.3, -0.25) is 9.69 Å². The van der Waals surface area contributed by atoms with Crippen molar-refractivity contribution in [1.29, 1.82) is 0 Å². The first-order valence-corrected chi connectivity index (χ1v) is 7.96. The van der Waals surface area contributed by atoms with Crippen LogP contribution in [0.2, 0.25) is 5.02 Å². The van der Waals surface area contributed by atoms with Gasteiger partial charge in [0.2, 0.25) is 5.91 Å². The molecule has 2 N–H and O–H groups in total. The molecule has 1 aliphatic heterocycles. The molecule has 5 heteroatoms. The van der Waals surface area contributed by atoms with Gasteiger partial charge in [0.1, 0.15) is 0 Å². The Kier molecular flexibility index (Phi) is 6.03. The number of anilines is 1. The number of carbonyl (C=O) groups excluding carboxylic acids is 1. The van der Waals surface area contributed by atoms with Crippen LogP contribution in [0.1, 0.15) is 26.7 Å². The molecular formula is C16H24ClN3O. The summed E-state index contributed by atoms with van der Waals surface area (Å²) >= 11 is 6.07.